The van der Waals surface area contributed by atoms with E-state index in [4.69, 9.17) is 0 Å². The highest BCUT2D eigenvalue weighted by atomic mass is 16.2. The Morgan fingerprint density at radius 1 is 0.913 bits per heavy atom. The van der Waals surface area contributed by atoms with Gasteiger partial charge in [0.15, 0.2) is 0 Å². The van der Waals surface area contributed by atoms with Crippen LogP contribution in [0.15, 0.2) is 30.3 Å². The van der Waals surface area contributed by atoms with Crippen molar-refractivity contribution in [1.29, 1.82) is 0 Å². The average Bonchev–Trinajstić information content (AvgIpc) is 2.95. The molecule has 0 aromatic heterocycles. The van der Waals surface area contributed by atoms with Crippen molar-refractivity contribution in [2.45, 2.75) is 83.6 Å². The van der Waals surface area contributed by atoms with Crippen LogP contribution in [-0.2, 0) is 4.79 Å². The molecule has 1 N–H and O–H groups in total. The van der Waals surface area contributed by atoms with Crippen molar-refractivity contribution in [1.82, 2.24) is 5.32 Å². The quantitative estimate of drug-likeness (QED) is 0.515. The minimum atomic E-state index is 0.222. The molecule has 23 heavy (non-hydrogen) atoms. The minimum Gasteiger partial charge on any atom is -0.349 e. The lowest BCUT2D eigenvalue weighted by Crippen LogP contribution is -2.20. The Morgan fingerprint density at radius 3 is 2.17 bits per heavy atom. The van der Waals surface area contributed by atoms with Gasteiger partial charge in [-0.05, 0) is 17.9 Å². The first kappa shape index (κ1) is 18.0. The molecule has 1 aliphatic heterocycles. The summed E-state index contributed by atoms with van der Waals surface area (Å²) < 4.78 is 0. The van der Waals surface area contributed by atoms with E-state index in [1.165, 1.54) is 69.8 Å². The van der Waals surface area contributed by atoms with Gasteiger partial charge in [-0.3, -0.25) is 4.79 Å². The van der Waals surface area contributed by atoms with Crippen LogP contribution in [0.1, 0.15) is 89.2 Å². The molecule has 0 aliphatic carbocycles. The first-order valence-corrected chi connectivity index (χ1v) is 9.65. The van der Waals surface area contributed by atoms with Gasteiger partial charge in [0, 0.05) is 6.42 Å². The molecular weight excluding hydrogens is 282 g/mol. The summed E-state index contributed by atoms with van der Waals surface area (Å²) in [7, 11) is 0. The van der Waals surface area contributed by atoms with E-state index < -0.39 is 0 Å². The molecule has 2 heteroatoms. The van der Waals surface area contributed by atoms with E-state index in [2.05, 4.69) is 36.5 Å². The highest BCUT2D eigenvalue weighted by molar-refractivity contribution is 5.79. The summed E-state index contributed by atoms with van der Waals surface area (Å²) in [5, 5.41) is 3.16. The SMILES string of the molecule is CCCCCCCCCCC[C@@H]1CC(=O)N[C@H]1c1ccccc1. The molecule has 1 fully saturated rings. The molecule has 1 amide bonds. The number of carbonyl (C=O) groups is 1. The van der Waals surface area contributed by atoms with E-state index in [1.807, 2.05) is 6.07 Å². The van der Waals surface area contributed by atoms with Crippen molar-refractivity contribution in [3.63, 3.8) is 0 Å². The number of benzene rings is 1. The van der Waals surface area contributed by atoms with Gasteiger partial charge in [0.25, 0.3) is 0 Å². The fourth-order valence-corrected chi connectivity index (χ4v) is 3.71. The van der Waals surface area contributed by atoms with Gasteiger partial charge in [-0.1, -0.05) is 95.0 Å². The van der Waals surface area contributed by atoms with Gasteiger partial charge in [0.1, 0.15) is 0 Å². The lowest BCUT2D eigenvalue weighted by molar-refractivity contribution is -0.119. The molecule has 128 valence electrons. The molecule has 1 heterocycles. The summed E-state index contributed by atoms with van der Waals surface area (Å²) in [6.07, 6.45) is 14.1. The molecule has 1 saturated heterocycles. The van der Waals surface area contributed by atoms with Crippen LogP contribution in [0.2, 0.25) is 0 Å². The largest absolute Gasteiger partial charge is 0.349 e. The predicted molar refractivity (Wildman–Crippen MR) is 97.3 cm³/mol. The molecule has 2 atom stereocenters. The third kappa shape index (κ3) is 6.37. The first-order chi connectivity index (χ1) is 11.3. The number of rotatable bonds is 11. The Bertz CT molecular complexity index is 442. The topological polar surface area (TPSA) is 29.1 Å². The zero-order chi connectivity index (χ0) is 16.3. The van der Waals surface area contributed by atoms with Crippen LogP contribution in [0.4, 0.5) is 0 Å². The van der Waals surface area contributed by atoms with Gasteiger partial charge in [-0.25, -0.2) is 0 Å². The highest BCUT2D eigenvalue weighted by Crippen LogP contribution is 2.33. The summed E-state index contributed by atoms with van der Waals surface area (Å²) in [6, 6.07) is 10.7. The van der Waals surface area contributed by atoms with Crippen LogP contribution in [0, 0.1) is 5.92 Å². The Labute approximate surface area is 142 Å². The predicted octanol–water partition coefficient (Wildman–Crippen LogP) is 5.78. The van der Waals surface area contributed by atoms with Crippen molar-refractivity contribution in [3.8, 4) is 0 Å². The van der Waals surface area contributed by atoms with Gasteiger partial charge >= 0.3 is 0 Å². The molecule has 0 radical (unpaired) electrons. The normalized spacial score (nSPS) is 20.7. The van der Waals surface area contributed by atoms with Crippen LogP contribution in [0.3, 0.4) is 0 Å². The Hall–Kier alpha value is -1.31. The molecule has 0 bridgehead atoms. The number of carbonyl (C=O) groups excluding carboxylic acids is 1. The molecule has 1 aromatic carbocycles. The van der Waals surface area contributed by atoms with Crippen molar-refractivity contribution < 1.29 is 4.79 Å². The van der Waals surface area contributed by atoms with Crippen molar-refractivity contribution in [3.05, 3.63) is 35.9 Å². The smallest absolute Gasteiger partial charge is 0.220 e. The fourth-order valence-electron chi connectivity index (χ4n) is 3.71. The maximum absolute atomic E-state index is 11.8. The standard InChI is InChI=1S/C21H33NO/c1-2-3-4-5-6-7-8-9-11-16-19-17-20(23)22-21(19)18-14-12-10-13-15-18/h10,12-15,19,21H,2-9,11,16-17H2,1H3,(H,22,23)/t19-,21+/m1/s1. The Kier molecular flexibility index (Phi) is 8.20. The Balaban J connectivity index is 1.62. The molecule has 2 rings (SSSR count). The van der Waals surface area contributed by atoms with Crippen molar-refractivity contribution in [2.75, 3.05) is 0 Å². The van der Waals surface area contributed by atoms with Gasteiger partial charge < -0.3 is 5.32 Å². The van der Waals surface area contributed by atoms with Gasteiger partial charge in [0.2, 0.25) is 5.91 Å². The van der Waals surface area contributed by atoms with E-state index in [-0.39, 0.29) is 11.9 Å². The van der Waals surface area contributed by atoms with E-state index in [9.17, 15) is 4.79 Å². The molecular formula is C21H33NO. The van der Waals surface area contributed by atoms with Crippen molar-refractivity contribution >= 4 is 5.91 Å². The zero-order valence-electron chi connectivity index (χ0n) is 14.7. The third-order valence-electron chi connectivity index (χ3n) is 5.07. The average molecular weight is 316 g/mol. The summed E-state index contributed by atoms with van der Waals surface area (Å²) in [5.74, 6) is 0.703. The summed E-state index contributed by atoms with van der Waals surface area (Å²) >= 11 is 0. The van der Waals surface area contributed by atoms with Gasteiger partial charge in [0.05, 0.1) is 6.04 Å². The van der Waals surface area contributed by atoms with E-state index >= 15 is 0 Å². The number of nitrogens with one attached hydrogen (secondary N) is 1. The van der Waals surface area contributed by atoms with Crippen LogP contribution >= 0.6 is 0 Å². The first-order valence-electron chi connectivity index (χ1n) is 9.65. The summed E-state index contributed by atoms with van der Waals surface area (Å²) in [6.45, 7) is 2.27. The third-order valence-corrected chi connectivity index (χ3v) is 5.07. The van der Waals surface area contributed by atoms with Crippen molar-refractivity contribution in [2.24, 2.45) is 5.92 Å². The second-order valence-electron chi connectivity index (χ2n) is 7.04. The molecule has 0 saturated carbocycles. The second kappa shape index (κ2) is 10.5. The molecule has 0 unspecified atom stereocenters. The number of hydrogen-bond acceptors (Lipinski definition) is 1. The monoisotopic (exact) mass is 315 g/mol. The maximum atomic E-state index is 11.8. The summed E-state index contributed by atoms with van der Waals surface area (Å²) in [5.41, 5.74) is 1.26. The van der Waals surface area contributed by atoms with Crippen LogP contribution in [-0.4, -0.2) is 5.91 Å². The second-order valence-corrected chi connectivity index (χ2v) is 7.04. The van der Waals surface area contributed by atoms with Crippen LogP contribution in [0.25, 0.3) is 0 Å². The lowest BCUT2D eigenvalue weighted by Gasteiger charge is -2.19. The number of hydrogen-bond donors (Lipinski definition) is 1. The van der Waals surface area contributed by atoms with Gasteiger partial charge in [-0.2, -0.15) is 0 Å². The van der Waals surface area contributed by atoms with E-state index in [1.54, 1.807) is 0 Å². The Morgan fingerprint density at radius 2 is 1.52 bits per heavy atom. The molecule has 0 spiro atoms. The number of amides is 1. The maximum Gasteiger partial charge on any atom is 0.220 e. The van der Waals surface area contributed by atoms with Crippen LogP contribution < -0.4 is 5.32 Å². The molecule has 2 nitrogen and oxygen atoms in total. The molecule has 1 aliphatic rings. The highest BCUT2D eigenvalue weighted by Gasteiger charge is 2.32. The zero-order valence-corrected chi connectivity index (χ0v) is 14.7. The van der Waals surface area contributed by atoms with E-state index in [0.717, 1.165) is 0 Å². The van der Waals surface area contributed by atoms with Crippen LogP contribution in [0.5, 0.6) is 0 Å². The fraction of sp³-hybridized carbons (Fsp3) is 0.667. The van der Waals surface area contributed by atoms with E-state index in [0.29, 0.717) is 12.3 Å². The molecule has 1 aromatic rings. The lowest BCUT2D eigenvalue weighted by atomic mass is 9.89. The summed E-state index contributed by atoms with van der Waals surface area (Å²) in [4.78, 5) is 11.8. The number of unbranched alkanes of at least 4 members (excludes halogenated alkanes) is 8. The van der Waals surface area contributed by atoms with Gasteiger partial charge in [-0.15, -0.1) is 0 Å². The minimum absolute atomic E-state index is 0.222.